The molecule has 3 rings (SSSR count). The first kappa shape index (κ1) is 12.3. The Morgan fingerprint density at radius 1 is 1.42 bits per heavy atom. The van der Waals surface area contributed by atoms with Gasteiger partial charge in [0.1, 0.15) is 5.82 Å². The summed E-state index contributed by atoms with van der Waals surface area (Å²) < 4.78 is 1.88. The average molecular weight is 264 g/mol. The summed E-state index contributed by atoms with van der Waals surface area (Å²) in [4.78, 5) is 15.9. The molecule has 2 saturated heterocycles. The number of piperazine rings is 1. The highest BCUT2D eigenvalue weighted by atomic mass is 16.2. The van der Waals surface area contributed by atoms with E-state index in [1.165, 1.54) is 0 Å². The summed E-state index contributed by atoms with van der Waals surface area (Å²) in [6.07, 6.45) is 2.96. The first-order chi connectivity index (χ1) is 9.22. The van der Waals surface area contributed by atoms with Crippen molar-refractivity contribution in [2.45, 2.75) is 19.0 Å². The molecule has 2 aliphatic heterocycles. The summed E-state index contributed by atoms with van der Waals surface area (Å²) in [5.41, 5.74) is 5.58. The van der Waals surface area contributed by atoms with Gasteiger partial charge in [-0.1, -0.05) is 0 Å². The third-order valence-corrected chi connectivity index (χ3v) is 3.84. The Kier molecular flexibility index (Phi) is 3.29. The molecular weight excluding hydrogens is 244 g/mol. The second-order valence-electron chi connectivity index (χ2n) is 5.19. The number of hydrogen-bond donors (Lipinski definition) is 2. The van der Waals surface area contributed by atoms with Crippen molar-refractivity contribution in [3.05, 3.63) is 12.3 Å². The Balaban J connectivity index is 1.43. The van der Waals surface area contributed by atoms with Gasteiger partial charge in [0, 0.05) is 45.5 Å². The first-order valence-electron chi connectivity index (χ1n) is 6.78. The molecule has 0 spiro atoms. The molecule has 0 aliphatic carbocycles. The van der Waals surface area contributed by atoms with Crippen molar-refractivity contribution < 1.29 is 4.79 Å². The standard InChI is InChI=1S/C12H20N6O/c13-11-2-5-17(15-11)4-1-3-16-6-7-18-10(9-16)8-14-12(18)19/h2,5,10H,1,3-4,6-9H2,(H2,13,15)(H,14,19). The number of hydrogen-bond acceptors (Lipinski definition) is 4. The number of amides is 2. The molecule has 1 unspecified atom stereocenters. The molecule has 0 aromatic carbocycles. The molecule has 1 aromatic heterocycles. The second-order valence-corrected chi connectivity index (χ2v) is 5.19. The fourth-order valence-corrected chi connectivity index (χ4v) is 2.83. The summed E-state index contributed by atoms with van der Waals surface area (Å²) >= 11 is 0. The van der Waals surface area contributed by atoms with Gasteiger partial charge in [0.25, 0.3) is 0 Å². The summed E-state index contributed by atoms with van der Waals surface area (Å²) in [7, 11) is 0. The van der Waals surface area contributed by atoms with Crippen molar-refractivity contribution >= 4 is 11.8 Å². The van der Waals surface area contributed by atoms with Crippen molar-refractivity contribution in [1.82, 2.24) is 24.9 Å². The van der Waals surface area contributed by atoms with Crippen LogP contribution in [0.2, 0.25) is 0 Å². The van der Waals surface area contributed by atoms with Gasteiger partial charge in [0.2, 0.25) is 0 Å². The summed E-state index contributed by atoms with van der Waals surface area (Å²) in [5, 5.41) is 7.07. The monoisotopic (exact) mass is 264 g/mol. The zero-order chi connectivity index (χ0) is 13.2. The molecule has 1 aromatic rings. The number of nitrogens with one attached hydrogen (secondary N) is 1. The lowest BCUT2D eigenvalue weighted by Gasteiger charge is -2.36. The van der Waals surface area contributed by atoms with E-state index in [0.717, 1.165) is 45.7 Å². The van der Waals surface area contributed by atoms with Crippen molar-refractivity contribution in [2.24, 2.45) is 0 Å². The molecule has 3 N–H and O–H groups in total. The SMILES string of the molecule is Nc1ccn(CCCN2CCN3C(=O)NCC3C2)n1. The van der Waals surface area contributed by atoms with Gasteiger partial charge in [-0.2, -0.15) is 5.10 Å². The predicted octanol–water partition coefficient (Wildman–Crippen LogP) is -0.435. The van der Waals surface area contributed by atoms with Crippen molar-refractivity contribution in [1.29, 1.82) is 0 Å². The fourth-order valence-electron chi connectivity index (χ4n) is 2.83. The van der Waals surface area contributed by atoms with Crippen LogP contribution in [0.5, 0.6) is 0 Å². The molecule has 3 heterocycles. The number of fused-ring (bicyclic) bond motifs is 1. The maximum Gasteiger partial charge on any atom is 0.317 e. The van der Waals surface area contributed by atoms with Crippen LogP contribution in [0, 0.1) is 0 Å². The van der Waals surface area contributed by atoms with E-state index in [4.69, 9.17) is 5.73 Å². The largest absolute Gasteiger partial charge is 0.382 e. The van der Waals surface area contributed by atoms with E-state index in [9.17, 15) is 4.79 Å². The van der Waals surface area contributed by atoms with Crippen LogP contribution in [0.4, 0.5) is 10.6 Å². The van der Waals surface area contributed by atoms with E-state index in [0.29, 0.717) is 11.9 Å². The van der Waals surface area contributed by atoms with E-state index in [1.54, 1.807) is 0 Å². The van der Waals surface area contributed by atoms with Gasteiger partial charge in [-0.15, -0.1) is 0 Å². The molecule has 0 bridgehead atoms. The maximum absolute atomic E-state index is 11.5. The zero-order valence-corrected chi connectivity index (χ0v) is 11.0. The molecule has 0 saturated carbocycles. The van der Waals surface area contributed by atoms with E-state index < -0.39 is 0 Å². The number of nitrogens with zero attached hydrogens (tertiary/aromatic N) is 4. The Hall–Kier alpha value is -1.76. The lowest BCUT2D eigenvalue weighted by atomic mass is 10.2. The summed E-state index contributed by atoms with van der Waals surface area (Å²) in [6.45, 7) is 5.49. The van der Waals surface area contributed by atoms with Crippen LogP contribution < -0.4 is 11.1 Å². The molecule has 2 fully saturated rings. The van der Waals surface area contributed by atoms with Gasteiger partial charge >= 0.3 is 6.03 Å². The molecule has 7 heteroatoms. The number of aryl methyl sites for hydroxylation is 1. The minimum Gasteiger partial charge on any atom is -0.382 e. The summed E-state index contributed by atoms with van der Waals surface area (Å²) in [5.74, 6) is 0.573. The molecule has 19 heavy (non-hydrogen) atoms. The highest BCUT2D eigenvalue weighted by molar-refractivity contribution is 5.77. The third-order valence-electron chi connectivity index (χ3n) is 3.84. The molecule has 2 aliphatic rings. The Labute approximate surface area is 112 Å². The van der Waals surface area contributed by atoms with Gasteiger partial charge in [0.15, 0.2) is 0 Å². The topological polar surface area (TPSA) is 79.4 Å². The molecule has 1 atom stereocenters. The van der Waals surface area contributed by atoms with Crippen LogP contribution in [0.3, 0.4) is 0 Å². The van der Waals surface area contributed by atoms with Crippen LogP contribution in [0.15, 0.2) is 12.3 Å². The van der Waals surface area contributed by atoms with E-state index >= 15 is 0 Å². The number of nitrogens with two attached hydrogens (primary N) is 1. The quantitative estimate of drug-likeness (QED) is 0.773. The van der Waals surface area contributed by atoms with Crippen LogP contribution in [-0.4, -0.2) is 64.4 Å². The lowest BCUT2D eigenvalue weighted by molar-refractivity contribution is 0.119. The second kappa shape index (κ2) is 5.08. The van der Waals surface area contributed by atoms with E-state index in [1.807, 2.05) is 21.8 Å². The smallest absolute Gasteiger partial charge is 0.317 e. The molecule has 0 radical (unpaired) electrons. The van der Waals surface area contributed by atoms with E-state index in [-0.39, 0.29) is 6.03 Å². The minimum absolute atomic E-state index is 0.0941. The number of anilines is 1. The van der Waals surface area contributed by atoms with Gasteiger partial charge in [0.05, 0.1) is 6.04 Å². The molecule has 104 valence electrons. The molecule has 2 amide bonds. The predicted molar refractivity (Wildman–Crippen MR) is 71.6 cm³/mol. The van der Waals surface area contributed by atoms with Crippen LogP contribution in [0.1, 0.15) is 6.42 Å². The fraction of sp³-hybridized carbons (Fsp3) is 0.667. The molecular formula is C12H20N6O. The lowest BCUT2D eigenvalue weighted by Crippen LogP contribution is -2.52. The number of aromatic nitrogens is 2. The Morgan fingerprint density at radius 3 is 3.11 bits per heavy atom. The third kappa shape index (κ3) is 2.65. The van der Waals surface area contributed by atoms with Crippen LogP contribution >= 0.6 is 0 Å². The minimum atomic E-state index is 0.0941. The van der Waals surface area contributed by atoms with Crippen LogP contribution in [-0.2, 0) is 6.54 Å². The number of carbonyl (C=O) groups is 1. The van der Waals surface area contributed by atoms with Gasteiger partial charge < -0.3 is 16.0 Å². The number of nitrogen functional groups attached to an aromatic ring is 1. The van der Waals surface area contributed by atoms with Gasteiger partial charge in [-0.05, 0) is 12.5 Å². The highest BCUT2D eigenvalue weighted by Crippen LogP contribution is 2.14. The highest BCUT2D eigenvalue weighted by Gasteiger charge is 2.34. The number of carbonyl (C=O) groups excluding carboxylic acids is 1. The normalized spacial score (nSPS) is 23.5. The Morgan fingerprint density at radius 2 is 2.32 bits per heavy atom. The number of rotatable bonds is 4. The summed E-state index contributed by atoms with van der Waals surface area (Å²) in [6, 6.07) is 2.26. The number of urea groups is 1. The Bertz CT molecular complexity index is 459. The van der Waals surface area contributed by atoms with Crippen molar-refractivity contribution in [3.8, 4) is 0 Å². The maximum atomic E-state index is 11.5. The van der Waals surface area contributed by atoms with Crippen molar-refractivity contribution in [3.63, 3.8) is 0 Å². The first-order valence-corrected chi connectivity index (χ1v) is 6.78. The van der Waals surface area contributed by atoms with Gasteiger partial charge in [-0.25, -0.2) is 4.79 Å². The zero-order valence-electron chi connectivity index (χ0n) is 11.0. The average Bonchev–Trinajstić information content (AvgIpc) is 2.97. The van der Waals surface area contributed by atoms with E-state index in [2.05, 4.69) is 15.3 Å². The van der Waals surface area contributed by atoms with Gasteiger partial charge in [-0.3, -0.25) is 9.58 Å². The van der Waals surface area contributed by atoms with Crippen molar-refractivity contribution in [2.75, 3.05) is 38.5 Å². The van der Waals surface area contributed by atoms with Crippen LogP contribution in [0.25, 0.3) is 0 Å². The molecule has 7 nitrogen and oxygen atoms in total.